The van der Waals surface area contributed by atoms with Crippen LogP contribution in [0.25, 0.3) is 0 Å². The highest BCUT2D eigenvalue weighted by Crippen LogP contribution is 2.24. The number of hydrogen-bond acceptors (Lipinski definition) is 2. The average Bonchev–Trinajstić information content (AvgIpc) is 2.41. The molecule has 1 amide bonds. The third-order valence-corrected chi connectivity index (χ3v) is 4.13. The lowest BCUT2D eigenvalue weighted by Gasteiger charge is -2.40. The molecule has 1 heterocycles. The summed E-state index contributed by atoms with van der Waals surface area (Å²) in [6.07, 6.45) is 2.96. The van der Waals surface area contributed by atoms with Gasteiger partial charge >= 0.3 is 0 Å². The number of likely N-dealkylation sites (tertiary alicyclic amines) is 1. The van der Waals surface area contributed by atoms with Crippen LogP contribution in [0.4, 0.5) is 0 Å². The lowest BCUT2D eigenvalue weighted by atomic mass is 9.97. The summed E-state index contributed by atoms with van der Waals surface area (Å²) in [7, 11) is 0. The van der Waals surface area contributed by atoms with Gasteiger partial charge in [0.1, 0.15) is 5.75 Å². The summed E-state index contributed by atoms with van der Waals surface area (Å²) in [5.41, 5.74) is 1.19. The molecule has 0 spiro atoms. The van der Waals surface area contributed by atoms with Crippen molar-refractivity contribution in [3.05, 3.63) is 29.8 Å². The van der Waals surface area contributed by atoms with Crippen LogP contribution in [0, 0.1) is 6.92 Å². The Labute approximate surface area is 121 Å². The van der Waals surface area contributed by atoms with Crippen LogP contribution >= 0.6 is 0 Å². The van der Waals surface area contributed by atoms with Crippen LogP contribution in [0.15, 0.2) is 24.3 Å². The second-order valence-corrected chi connectivity index (χ2v) is 5.95. The van der Waals surface area contributed by atoms with E-state index in [9.17, 15) is 4.79 Å². The molecule has 0 N–H and O–H groups in total. The van der Waals surface area contributed by atoms with E-state index < -0.39 is 6.10 Å². The summed E-state index contributed by atoms with van der Waals surface area (Å²) >= 11 is 0. The van der Waals surface area contributed by atoms with Crippen LogP contribution in [-0.2, 0) is 4.79 Å². The molecule has 3 unspecified atom stereocenters. The van der Waals surface area contributed by atoms with Gasteiger partial charge in [-0.15, -0.1) is 0 Å². The third-order valence-electron chi connectivity index (χ3n) is 4.13. The molecule has 1 saturated heterocycles. The molecule has 0 radical (unpaired) electrons. The fourth-order valence-electron chi connectivity index (χ4n) is 2.94. The van der Waals surface area contributed by atoms with E-state index in [1.54, 1.807) is 0 Å². The van der Waals surface area contributed by atoms with E-state index in [1.165, 1.54) is 12.0 Å². The van der Waals surface area contributed by atoms with Gasteiger partial charge in [0.15, 0.2) is 6.10 Å². The molecule has 3 atom stereocenters. The molecule has 0 aromatic heterocycles. The lowest BCUT2D eigenvalue weighted by molar-refractivity contribution is -0.144. The van der Waals surface area contributed by atoms with Crippen LogP contribution in [-0.4, -0.2) is 29.0 Å². The van der Waals surface area contributed by atoms with Gasteiger partial charge < -0.3 is 9.64 Å². The number of carbonyl (C=O) groups is 1. The second-order valence-electron chi connectivity index (χ2n) is 5.95. The van der Waals surface area contributed by atoms with Crippen molar-refractivity contribution >= 4 is 5.91 Å². The van der Waals surface area contributed by atoms with Crippen molar-refractivity contribution in [1.29, 1.82) is 0 Å². The Kier molecular flexibility index (Phi) is 4.69. The molecule has 1 fully saturated rings. The second kappa shape index (κ2) is 6.29. The predicted octanol–water partition coefficient (Wildman–Crippen LogP) is 3.55. The minimum atomic E-state index is -0.430. The zero-order valence-electron chi connectivity index (χ0n) is 12.9. The lowest BCUT2D eigenvalue weighted by Crippen LogP contribution is -2.51. The van der Waals surface area contributed by atoms with Gasteiger partial charge in [-0.3, -0.25) is 4.79 Å². The van der Waals surface area contributed by atoms with E-state index in [0.29, 0.717) is 12.1 Å². The topological polar surface area (TPSA) is 29.5 Å². The Bertz CT molecular complexity index is 445. The number of hydrogen-bond donors (Lipinski definition) is 0. The van der Waals surface area contributed by atoms with E-state index >= 15 is 0 Å². The van der Waals surface area contributed by atoms with Crippen LogP contribution in [0.1, 0.15) is 45.6 Å². The summed E-state index contributed by atoms with van der Waals surface area (Å²) < 4.78 is 5.79. The Morgan fingerprint density at radius 2 is 1.75 bits per heavy atom. The molecule has 3 nitrogen and oxygen atoms in total. The number of benzene rings is 1. The number of nitrogens with zero attached hydrogens (tertiary/aromatic N) is 1. The van der Waals surface area contributed by atoms with Gasteiger partial charge in [-0.05, 0) is 59.1 Å². The van der Waals surface area contributed by atoms with Gasteiger partial charge in [0.05, 0.1) is 0 Å². The molecular weight excluding hydrogens is 250 g/mol. The quantitative estimate of drug-likeness (QED) is 0.844. The minimum Gasteiger partial charge on any atom is -0.481 e. The number of rotatable bonds is 3. The smallest absolute Gasteiger partial charge is 0.263 e. The molecule has 1 aliphatic heterocycles. The van der Waals surface area contributed by atoms with Crippen molar-refractivity contribution in [3.63, 3.8) is 0 Å². The molecule has 0 aliphatic carbocycles. The molecule has 0 saturated carbocycles. The van der Waals surface area contributed by atoms with E-state index in [2.05, 4.69) is 13.8 Å². The molecule has 3 heteroatoms. The summed E-state index contributed by atoms with van der Waals surface area (Å²) in [6, 6.07) is 8.47. The maximum Gasteiger partial charge on any atom is 0.263 e. The monoisotopic (exact) mass is 275 g/mol. The number of aryl methyl sites for hydroxylation is 1. The average molecular weight is 275 g/mol. The van der Waals surface area contributed by atoms with Crippen molar-refractivity contribution in [2.24, 2.45) is 0 Å². The predicted molar refractivity (Wildman–Crippen MR) is 80.9 cm³/mol. The van der Waals surface area contributed by atoms with E-state index in [-0.39, 0.29) is 5.91 Å². The van der Waals surface area contributed by atoms with Gasteiger partial charge in [-0.2, -0.15) is 0 Å². The van der Waals surface area contributed by atoms with Crippen LogP contribution in [0.2, 0.25) is 0 Å². The van der Waals surface area contributed by atoms with Crippen molar-refractivity contribution in [3.8, 4) is 5.75 Å². The largest absolute Gasteiger partial charge is 0.481 e. The maximum absolute atomic E-state index is 12.6. The Balaban J connectivity index is 2.02. The van der Waals surface area contributed by atoms with E-state index in [1.807, 2.05) is 43.0 Å². The van der Waals surface area contributed by atoms with Crippen LogP contribution in [0.3, 0.4) is 0 Å². The number of amides is 1. The van der Waals surface area contributed by atoms with Crippen molar-refractivity contribution in [2.45, 2.75) is 65.1 Å². The fraction of sp³-hybridized carbons (Fsp3) is 0.588. The molecule has 0 bridgehead atoms. The Morgan fingerprint density at radius 1 is 1.20 bits per heavy atom. The first kappa shape index (κ1) is 14.9. The summed E-state index contributed by atoms with van der Waals surface area (Å²) in [4.78, 5) is 14.6. The number of piperidine rings is 1. The van der Waals surface area contributed by atoms with E-state index in [4.69, 9.17) is 4.74 Å². The van der Waals surface area contributed by atoms with Crippen molar-refractivity contribution in [1.82, 2.24) is 4.90 Å². The Hall–Kier alpha value is -1.51. The highest BCUT2D eigenvalue weighted by atomic mass is 16.5. The standard InChI is InChI=1S/C17H25NO2/c1-12-8-10-16(11-9-12)20-15(4)17(19)18-13(2)6-5-7-14(18)3/h8-11,13-15H,5-7H2,1-4H3. The number of ether oxygens (including phenoxy) is 1. The van der Waals surface area contributed by atoms with E-state index in [0.717, 1.165) is 18.6 Å². The summed E-state index contributed by atoms with van der Waals surface area (Å²) in [6.45, 7) is 8.14. The first-order chi connectivity index (χ1) is 9.49. The highest BCUT2D eigenvalue weighted by Gasteiger charge is 2.32. The summed E-state index contributed by atoms with van der Waals surface area (Å²) in [5, 5.41) is 0. The van der Waals surface area contributed by atoms with Crippen LogP contribution in [0.5, 0.6) is 5.75 Å². The zero-order chi connectivity index (χ0) is 14.7. The van der Waals surface area contributed by atoms with Crippen molar-refractivity contribution in [2.75, 3.05) is 0 Å². The molecule has 110 valence electrons. The highest BCUT2D eigenvalue weighted by molar-refractivity contribution is 5.81. The molecular formula is C17H25NO2. The molecule has 20 heavy (non-hydrogen) atoms. The number of carbonyl (C=O) groups excluding carboxylic acids is 1. The van der Waals surface area contributed by atoms with Gasteiger partial charge in [-0.1, -0.05) is 17.7 Å². The molecule has 1 aliphatic rings. The van der Waals surface area contributed by atoms with Gasteiger partial charge in [-0.25, -0.2) is 0 Å². The molecule has 2 rings (SSSR count). The summed E-state index contributed by atoms with van der Waals surface area (Å²) in [5.74, 6) is 0.860. The normalized spacial score (nSPS) is 24.3. The SMILES string of the molecule is Cc1ccc(OC(C)C(=O)N2C(C)CCCC2C)cc1. The van der Waals surface area contributed by atoms with Gasteiger partial charge in [0.2, 0.25) is 0 Å². The molecule has 1 aromatic rings. The van der Waals surface area contributed by atoms with Gasteiger partial charge in [0, 0.05) is 12.1 Å². The first-order valence-corrected chi connectivity index (χ1v) is 7.54. The zero-order valence-corrected chi connectivity index (χ0v) is 12.9. The van der Waals surface area contributed by atoms with Crippen molar-refractivity contribution < 1.29 is 9.53 Å². The third kappa shape index (κ3) is 3.33. The maximum atomic E-state index is 12.6. The Morgan fingerprint density at radius 3 is 2.30 bits per heavy atom. The minimum absolute atomic E-state index is 0.102. The van der Waals surface area contributed by atoms with Gasteiger partial charge in [0.25, 0.3) is 5.91 Å². The fourth-order valence-corrected chi connectivity index (χ4v) is 2.94. The first-order valence-electron chi connectivity index (χ1n) is 7.54. The molecule has 1 aromatic carbocycles. The van der Waals surface area contributed by atoms with Crippen LogP contribution < -0.4 is 4.74 Å².